The molecule has 2 aromatic rings. The van der Waals surface area contributed by atoms with Crippen LogP contribution in [0.5, 0.6) is 5.75 Å². The molecule has 1 heterocycles. The van der Waals surface area contributed by atoms with Gasteiger partial charge in [-0.3, -0.25) is 0 Å². The molecule has 2 aromatic carbocycles. The van der Waals surface area contributed by atoms with Gasteiger partial charge in [0.1, 0.15) is 5.75 Å². The van der Waals surface area contributed by atoms with Crippen LogP contribution in [0.1, 0.15) is 17.5 Å². The molecule has 0 unspecified atom stereocenters. The zero-order valence-corrected chi connectivity index (χ0v) is 13.5. The van der Waals surface area contributed by atoms with Crippen LogP contribution in [-0.4, -0.2) is 30.9 Å². The fourth-order valence-corrected chi connectivity index (χ4v) is 2.77. The largest absolute Gasteiger partial charge is 0.493 e. The number of nitrogens with one attached hydrogen (secondary N) is 2. The van der Waals surface area contributed by atoms with E-state index in [0.29, 0.717) is 6.54 Å². The number of hydrogen-bond acceptors (Lipinski definition) is 3. The number of aliphatic hydroxyl groups excluding tert-OH is 1. The number of benzene rings is 2. The lowest BCUT2D eigenvalue weighted by molar-refractivity contribution is 0.234. The molecule has 0 saturated heterocycles. The molecule has 2 amide bonds. The van der Waals surface area contributed by atoms with Crippen LogP contribution in [0.25, 0.3) is 11.1 Å². The van der Waals surface area contributed by atoms with Crippen LogP contribution >= 0.6 is 0 Å². The Kier molecular flexibility index (Phi) is 5.33. The number of carbonyl (C=O) groups excluding carboxylic acids is 1. The summed E-state index contributed by atoms with van der Waals surface area (Å²) in [6.07, 6.45) is 2.13. The molecule has 0 spiro atoms. The van der Waals surface area contributed by atoms with Gasteiger partial charge in [0.2, 0.25) is 0 Å². The molecule has 0 aromatic heterocycles. The fraction of sp³-hybridized carbons (Fsp3) is 0.316. The summed E-state index contributed by atoms with van der Waals surface area (Å²) in [5.74, 6) is 1.000. The highest BCUT2D eigenvalue weighted by molar-refractivity contribution is 5.73. The van der Waals surface area contributed by atoms with Crippen molar-refractivity contribution in [1.82, 2.24) is 10.6 Å². The van der Waals surface area contributed by atoms with E-state index in [1.54, 1.807) is 0 Å². The van der Waals surface area contributed by atoms with Gasteiger partial charge in [-0.05, 0) is 47.2 Å². The lowest BCUT2D eigenvalue weighted by Crippen LogP contribution is -2.36. The van der Waals surface area contributed by atoms with Crippen LogP contribution in [0.15, 0.2) is 42.5 Å². The van der Waals surface area contributed by atoms with Crippen molar-refractivity contribution in [3.8, 4) is 16.9 Å². The number of fused-ring (bicyclic) bond motifs is 1. The number of hydrogen-bond donors (Lipinski definition) is 3. The van der Waals surface area contributed by atoms with Gasteiger partial charge in [-0.25, -0.2) is 4.79 Å². The Hall–Kier alpha value is -2.53. The van der Waals surface area contributed by atoms with E-state index in [2.05, 4.69) is 34.9 Å². The molecule has 1 aliphatic heterocycles. The molecule has 126 valence electrons. The van der Waals surface area contributed by atoms with E-state index in [0.717, 1.165) is 36.3 Å². The Bertz CT molecular complexity index is 698. The van der Waals surface area contributed by atoms with Crippen molar-refractivity contribution < 1.29 is 14.6 Å². The van der Waals surface area contributed by atoms with E-state index >= 15 is 0 Å². The highest BCUT2D eigenvalue weighted by atomic mass is 16.5. The smallest absolute Gasteiger partial charge is 0.315 e. The van der Waals surface area contributed by atoms with E-state index in [-0.39, 0.29) is 19.2 Å². The number of urea groups is 1. The Morgan fingerprint density at radius 3 is 2.67 bits per heavy atom. The predicted molar refractivity (Wildman–Crippen MR) is 93.0 cm³/mol. The Morgan fingerprint density at radius 2 is 1.88 bits per heavy atom. The third-order valence-electron chi connectivity index (χ3n) is 4.05. The number of rotatable bonds is 5. The molecule has 0 atom stereocenters. The number of aryl methyl sites for hydroxylation is 1. The lowest BCUT2D eigenvalue weighted by atomic mass is 9.98. The normalized spacial score (nSPS) is 12.9. The van der Waals surface area contributed by atoms with E-state index in [1.807, 2.05) is 18.2 Å². The van der Waals surface area contributed by atoms with Gasteiger partial charge in [-0.1, -0.05) is 30.3 Å². The summed E-state index contributed by atoms with van der Waals surface area (Å²) in [6.45, 7) is 1.45. The zero-order chi connectivity index (χ0) is 16.8. The molecule has 5 heteroatoms. The van der Waals surface area contributed by atoms with Crippen molar-refractivity contribution in [1.29, 1.82) is 0 Å². The Labute approximate surface area is 141 Å². The van der Waals surface area contributed by atoms with Crippen LogP contribution in [0, 0.1) is 0 Å². The minimum Gasteiger partial charge on any atom is -0.493 e. The van der Waals surface area contributed by atoms with E-state index in [1.165, 1.54) is 11.1 Å². The van der Waals surface area contributed by atoms with Gasteiger partial charge in [0.25, 0.3) is 0 Å². The SMILES string of the molecule is O=C(NCCO)NCc1ccc(-c2ccc3c(c2)CCCO3)cc1. The summed E-state index contributed by atoms with van der Waals surface area (Å²) in [6, 6.07) is 14.2. The van der Waals surface area contributed by atoms with Crippen molar-refractivity contribution in [2.45, 2.75) is 19.4 Å². The topological polar surface area (TPSA) is 70.6 Å². The number of amides is 2. The number of aliphatic hydroxyl groups is 1. The summed E-state index contributed by atoms with van der Waals surface area (Å²) in [7, 11) is 0. The minimum absolute atomic E-state index is 0.0616. The van der Waals surface area contributed by atoms with Gasteiger partial charge >= 0.3 is 6.03 Å². The first-order valence-electron chi connectivity index (χ1n) is 8.24. The first kappa shape index (κ1) is 16.3. The van der Waals surface area contributed by atoms with E-state index in [9.17, 15) is 4.79 Å². The third-order valence-corrected chi connectivity index (χ3v) is 4.05. The van der Waals surface area contributed by atoms with Gasteiger partial charge in [0, 0.05) is 13.1 Å². The molecule has 3 rings (SSSR count). The van der Waals surface area contributed by atoms with Crippen molar-refractivity contribution in [2.75, 3.05) is 19.8 Å². The van der Waals surface area contributed by atoms with Gasteiger partial charge in [0.15, 0.2) is 0 Å². The zero-order valence-electron chi connectivity index (χ0n) is 13.5. The van der Waals surface area contributed by atoms with Crippen molar-refractivity contribution in [2.24, 2.45) is 0 Å². The Morgan fingerprint density at radius 1 is 1.08 bits per heavy atom. The summed E-state index contributed by atoms with van der Waals surface area (Å²) >= 11 is 0. The standard InChI is InChI=1S/C19H22N2O3/c22-10-9-20-19(23)21-13-14-3-5-15(6-4-14)16-7-8-18-17(12-16)2-1-11-24-18/h3-8,12,22H,1-2,9-11,13H2,(H2,20,21,23). The number of carbonyl (C=O) groups is 1. The first-order valence-corrected chi connectivity index (χ1v) is 8.24. The average Bonchev–Trinajstić information content (AvgIpc) is 2.64. The summed E-state index contributed by atoms with van der Waals surface area (Å²) in [5, 5.41) is 14.0. The number of ether oxygens (including phenoxy) is 1. The van der Waals surface area contributed by atoms with Crippen LogP contribution in [0.3, 0.4) is 0 Å². The molecule has 1 aliphatic rings. The monoisotopic (exact) mass is 326 g/mol. The molecule has 3 N–H and O–H groups in total. The highest BCUT2D eigenvalue weighted by Gasteiger charge is 2.11. The molecule has 0 fully saturated rings. The van der Waals surface area contributed by atoms with Crippen LogP contribution in [-0.2, 0) is 13.0 Å². The predicted octanol–water partition coefficient (Wildman–Crippen LogP) is 2.47. The summed E-state index contributed by atoms with van der Waals surface area (Å²) < 4.78 is 5.65. The molecule has 0 radical (unpaired) electrons. The van der Waals surface area contributed by atoms with E-state index in [4.69, 9.17) is 9.84 Å². The lowest BCUT2D eigenvalue weighted by Gasteiger charge is -2.18. The first-order chi connectivity index (χ1) is 11.8. The maximum Gasteiger partial charge on any atom is 0.315 e. The van der Waals surface area contributed by atoms with Crippen molar-refractivity contribution in [3.05, 3.63) is 53.6 Å². The average molecular weight is 326 g/mol. The molecule has 0 aliphatic carbocycles. The molecular weight excluding hydrogens is 304 g/mol. The second-order valence-corrected chi connectivity index (χ2v) is 5.80. The minimum atomic E-state index is -0.275. The highest BCUT2D eigenvalue weighted by Crippen LogP contribution is 2.30. The van der Waals surface area contributed by atoms with Gasteiger partial charge < -0.3 is 20.5 Å². The van der Waals surface area contributed by atoms with Crippen LogP contribution in [0.2, 0.25) is 0 Å². The quantitative estimate of drug-likeness (QED) is 0.790. The van der Waals surface area contributed by atoms with Crippen LogP contribution in [0.4, 0.5) is 4.79 Å². The maximum atomic E-state index is 11.5. The van der Waals surface area contributed by atoms with Crippen LogP contribution < -0.4 is 15.4 Å². The van der Waals surface area contributed by atoms with Crippen molar-refractivity contribution in [3.63, 3.8) is 0 Å². The maximum absolute atomic E-state index is 11.5. The second kappa shape index (κ2) is 7.84. The molecule has 24 heavy (non-hydrogen) atoms. The third kappa shape index (κ3) is 4.06. The van der Waals surface area contributed by atoms with Gasteiger partial charge in [0.05, 0.1) is 13.2 Å². The van der Waals surface area contributed by atoms with Gasteiger partial charge in [-0.2, -0.15) is 0 Å². The summed E-state index contributed by atoms with van der Waals surface area (Å²) in [5.41, 5.74) is 4.63. The molecule has 0 bridgehead atoms. The Balaban J connectivity index is 1.63. The van der Waals surface area contributed by atoms with Gasteiger partial charge in [-0.15, -0.1) is 0 Å². The molecule has 0 saturated carbocycles. The fourth-order valence-electron chi connectivity index (χ4n) is 2.77. The second-order valence-electron chi connectivity index (χ2n) is 5.80. The van der Waals surface area contributed by atoms with E-state index < -0.39 is 0 Å². The van der Waals surface area contributed by atoms with Crippen molar-refractivity contribution >= 4 is 6.03 Å². The molecule has 5 nitrogen and oxygen atoms in total. The summed E-state index contributed by atoms with van der Waals surface area (Å²) in [4.78, 5) is 11.5. The molecular formula is C19H22N2O3.